The highest BCUT2D eigenvalue weighted by Crippen LogP contribution is 2.22. The number of nitrogens with zero attached hydrogens (tertiary/aromatic N) is 2. The number of halogens is 2. The highest BCUT2D eigenvalue weighted by atomic mass is 19.3. The van der Waals surface area contributed by atoms with E-state index in [0.29, 0.717) is 11.1 Å². The number of imidazole rings is 1. The summed E-state index contributed by atoms with van der Waals surface area (Å²) in [6, 6.07) is 13.3. The van der Waals surface area contributed by atoms with Crippen LogP contribution in [0.2, 0.25) is 0 Å². The molecule has 0 saturated heterocycles. The normalized spacial score (nSPS) is 11.2. The first kappa shape index (κ1) is 16.6. The van der Waals surface area contributed by atoms with Crippen molar-refractivity contribution in [1.82, 2.24) is 9.55 Å². The van der Waals surface area contributed by atoms with Crippen molar-refractivity contribution < 1.29 is 18.3 Å². The Morgan fingerprint density at radius 3 is 2.56 bits per heavy atom. The second-order valence-electron chi connectivity index (χ2n) is 5.13. The second-order valence-corrected chi connectivity index (χ2v) is 5.13. The number of hydrogen-bond donors (Lipinski definition) is 0. The fourth-order valence-electron chi connectivity index (χ4n) is 2.29. The topological polar surface area (TPSA) is 44.1 Å². The molecule has 0 radical (unpaired) electrons. The van der Waals surface area contributed by atoms with Crippen LogP contribution < -0.4 is 4.74 Å². The van der Waals surface area contributed by atoms with E-state index in [4.69, 9.17) is 0 Å². The van der Waals surface area contributed by atoms with Gasteiger partial charge in [-0.15, -0.1) is 0 Å². The number of ether oxygens (including phenoxy) is 1. The van der Waals surface area contributed by atoms with Crippen LogP contribution in [-0.4, -0.2) is 21.9 Å². The fourth-order valence-corrected chi connectivity index (χ4v) is 2.29. The van der Waals surface area contributed by atoms with Gasteiger partial charge in [0.05, 0.1) is 6.33 Å². The number of hydrogen-bond acceptors (Lipinski definition) is 3. The van der Waals surface area contributed by atoms with Gasteiger partial charge in [0.15, 0.2) is 5.78 Å². The van der Waals surface area contributed by atoms with E-state index >= 15 is 0 Å². The number of alkyl halides is 2. The van der Waals surface area contributed by atoms with Crippen LogP contribution in [0.15, 0.2) is 73.3 Å². The SMILES string of the molecule is O=C(/C=C/c1ccccc1OC(F)F)c1ccc(-n2ccnc2)cc1. The third-order valence-electron chi connectivity index (χ3n) is 3.50. The van der Waals surface area contributed by atoms with E-state index in [1.807, 2.05) is 4.57 Å². The molecule has 0 saturated carbocycles. The largest absolute Gasteiger partial charge is 0.434 e. The molecule has 0 aliphatic rings. The number of benzene rings is 2. The van der Waals surface area contributed by atoms with Crippen molar-refractivity contribution in [3.63, 3.8) is 0 Å². The molecule has 126 valence electrons. The first-order chi connectivity index (χ1) is 12.1. The van der Waals surface area contributed by atoms with Crippen molar-refractivity contribution in [2.24, 2.45) is 0 Å². The maximum absolute atomic E-state index is 12.4. The van der Waals surface area contributed by atoms with Crippen LogP contribution in [-0.2, 0) is 0 Å². The molecule has 25 heavy (non-hydrogen) atoms. The highest BCUT2D eigenvalue weighted by molar-refractivity contribution is 6.07. The molecule has 1 aromatic heterocycles. The Morgan fingerprint density at radius 2 is 1.88 bits per heavy atom. The van der Waals surface area contributed by atoms with Gasteiger partial charge in [0.2, 0.25) is 0 Å². The summed E-state index contributed by atoms with van der Waals surface area (Å²) in [6.07, 6.45) is 7.93. The van der Waals surface area contributed by atoms with Crippen molar-refractivity contribution in [2.45, 2.75) is 6.61 Å². The zero-order valence-electron chi connectivity index (χ0n) is 13.0. The maximum Gasteiger partial charge on any atom is 0.387 e. The number of carbonyl (C=O) groups excluding carboxylic acids is 1. The molecule has 0 amide bonds. The number of para-hydroxylation sites is 1. The van der Waals surface area contributed by atoms with Crippen LogP contribution >= 0.6 is 0 Å². The van der Waals surface area contributed by atoms with Crippen molar-refractivity contribution in [1.29, 1.82) is 0 Å². The van der Waals surface area contributed by atoms with Gasteiger partial charge in [0, 0.05) is 29.2 Å². The van der Waals surface area contributed by atoms with E-state index in [1.54, 1.807) is 61.2 Å². The van der Waals surface area contributed by atoms with E-state index in [1.165, 1.54) is 18.2 Å². The van der Waals surface area contributed by atoms with E-state index in [0.717, 1.165) is 5.69 Å². The molecule has 0 fully saturated rings. The molecule has 0 atom stereocenters. The zero-order valence-corrected chi connectivity index (χ0v) is 13.0. The lowest BCUT2D eigenvalue weighted by molar-refractivity contribution is -0.0499. The van der Waals surface area contributed by atoms with Crippen molar-refractivity contribution in [2.75, 3.05) is 0 Å². The molecule has 6 heteroatoms. The second kappa shape index (κ2) is 7.53. The van der Waals surface area contributed by atoms with Gasteiger partial charge in [-0.05, 0) is 42.5 Å². The Bertz CT molecular complexity index is 873. The van der Waals surface area contributed by atoms with E-state index in [2.05, 4.69) is 9.72 Å². The summed E-state index contributed by atoms with van der Waals surface area (Å²) in [6.45, 7) is -2.92. The summed E-state index contributed by atoms with van der Waals surface area (Å²) in [5.74, 6) is -0.207. The van der Waals surface area contributed by atoms with Gasteiger partial charge < -0.3 is 9.30 Å². The number of rotatable bonds is 6. The summed E-state index contributed by atoms with van der Waals surface area (Å²) in [5, 5.41) is 0. The molecule has 0 aliphatic carbocycles. The zero-order chi connectivity index (χ0) is 17.6. The molecule has 0 unspecified atom stereocenters. The third-order valence-corrected chi connectivity index (χ3v) is 3.50. The van der Waals surface area contributed by atoms with Gasteiger partial charge >= 0.3 is 6.61 Å². The minimum atomic E-state index is -2.92. The van der Waals surface area contributed by atoms with Gasteiger partial charge in [-0.3, -0.25) is 4.79 Å². The third kappa shape index (κ3) is 4.17. The summed E-state index contributed by atoms with van der Waals surface area (Å²) in [4.78, 5) is 16.2. The summed E-state index contributed by atoms with van der Waals surface area (Å²) < 4.78 is 31.1. The number of allylic oxidation sites excluding steroid dienone is 1. The van der Waals surface area contributed by atoms with Gasteiger partial charge in [-0.2, -0.15) is 8.78 Å². The predicted octanol–water partition coefficient (Wildman–Crippen LogP) is 4.37. The Morgan fingerprint density at radius 1 is 1.12 bits per heavy atom. The van der Waals surface area contributed by atoms with Gasteiger partial charge in [-0.25, -0.2) is 4.98 Å². The monoisotopic (exact) mass is 340 g/mol. The van der Waals surface area contributed by atoms with Crippen LogP contribution in [0, 0.1) is 0 Å². The highest BCUT2D eigenvalue weighted by Gasteiger charge is 2.08. The lowest BCUT2D eigenvalue weighted by Crippen LogP contribution is -2.03. The quantitative estimate of drug-likeness (QED) is 0.494. The Hall–Kier alpha value is -3.28. The Kier molecular flexibility index (Phi) is 4.99. The molecule has 0 N–H and O–H groups in total. The first-order valence-corrected chi connectivity index (χ1v) is 7.48. The van der Waals surface area contributed by atoms with Crippen molar-refractivity contribution in [3.05, 3.63) is 84.5 Å². The number of ketones is 1. The summed E-state index contributed by atoms with van der Waals surface area (Å²) in [5.41, 5.74) is 1.78. The molecule has 3 rings (SSSR count). The molecule has 4 nitrogen and oxygen atoms in total. The van der Waals surface area contributed by atoms with E-state index < -0.39 is 6.61 Å². The molecule has 0 bridgehead atoms. The van der Waals surface area contributed by atoms with Crippen LogP contribution in [0.4, 0.5) is 8.78 Å². The summed E-state index contributed by atoms with van der Waals surface area (Å²) in [7, 11) is 0. The van der Waals surface area contributed by atoms with Crippen LogP contribution in [0.1, 0.15) is 15.9 Å². The van der Waals surface area contributed by atoms with Crippen LogP contribution in [0.5, 0.6) is 5.75 Å². The molecule has 1 heterocycles. The smallest absolute Gasteiger partial charge is 0.387 e. The minimum absolute atomic E-state index is 0.0250. The Balaban J connectivity index is 1.75. The maximum atomic E-state index is 12.4. The predicted molar refractivity (Wildman–Crippen MR) is 90.0 cm³/mol. The van der Waals surface area contributed by atoms with Crippen LogP contribution in [0.3, 0.4) is 0 Å². The molecular weight excluding hydrogens is 326 g/mol. The van der Waals surface area contributed by atoms with Gasteiger partial charge in [0.25, 0.3) is 0 Å². The lowest BCUT2D eigenvalue weighted by atomic mass is 10.1. The molecule has 0 aliphatic heterocycles. The lowest BCUT2D eigenvalue weighted by Gasteiger charge is -2.07. The number of aromatic nitrogens is 2. The first-order valence-electron chi connectivity index (χ1n) is 7.48. The molecule has 2 aromatic carbocycles. The summed E-state index contributed by atoms with van der Waals surface area (Å²) >= 11 is 0. The van der Waals surface area contributed by atoms with E-state index in [9.17, 15) is 13.6 Å². The average molecular weight is 340 g/mol. The van der Waals surface area contributed by atoms with Crippen molar-refractivity contribution in [3.8, 4) is 11.4 Å². The van der Waals surface area contributed by atoms with E-state index in [-0.39, 0.29) is 11.5 Å². The average Bonchev–Trinajstić information content (AvgIpc) is 3.15. The van der Waals surface area contributed by atoms with Crippen LogP contribution in [0.25, 0.3) is 11.8 Å². The van der Waals surface area contributed by atoms with Crippen molar-refractivity contribution >= 4 is 11.9 Å². The molecule has 0 spiro atoms. The molecular formula is C19H14F2N2O2. The molecule has 3 aromatic rings. The minimum Gasteiger partial charge on any atom is -0.434 e. The van der Waals surface area contributed by atoms with Gasteiger partial charge in [0.1, 0.15) is 5.75 Å². The standard InChI is InChI=1S/C19H14F2N2O2/c20-19(21)25-18-4-2-1-3-15(18)7-10-17(24)14-5-8-16(9-6-14)23-12-11-22-13-23/h1-13,19H/b10-7+. The number of carbonyl (C=O) groups is 1. The van der Waals surface area contributed by atoms with Gasteiger partial charge in [-0.1, -0.05) is 18.2 Å². The fraction of sp³-hybridized carbons (Fsp3) is 0.0526. The Labute approximate surface area is 143 Å².